The van der Waals surface area contributed by atoms with Crippen molar-refractivity contribution in [2.24, 2.45) is 5.73 Å². The molecule has 0 heterocycles. The van der Waals surface area contributed by atoms with Crippen LogP contribution in [-0.2, 0) is 13.9 Å². The first kappa shape index (κ1) is 22.6. The average molecular weight is 411 g/mol. The molecular weight excluding hydrogens is 392 g/mol. The Morgan fingerprint density at radius 1 is 1.15 bits per heavy atom. The van der Waals surface area contributed by atoms with E-state index in [-0.39, 0.29) is 11.3 Å². The highest BCUT2D eigenvalue weighted by molar-refractivity contribution is 7.72. The highest BCUT2D eigenvalue weighted by Gasteiger charge is 2.59. The maximum absolute atomic E-state index is 12.4. The number of esters is 1. The number of rotatable bonds is 8. The van der Waals surface area contributed by atoms with Gasteiger partial charge < -0.3 is 35.2 Å². The molecule has 0 aromatic heterocycles. The summed E-state index contributed by atoms with van der Waals surface area (Å²) in [6.45, 7) is 1.11. The Balaban J connectivity index is 3.03. The van der Waals surface area contributed by atoms with Crippen molar-refractivity contribution in [2.75, 3.05) is 0 Å². The van der Waals surface area contributed by atoms with Crippen LogP contribution in [0.5, 0.6) is 5.75 Å². The Hall–Kier alpha value is -1.42. The molecule has 1 aromatic carbocycles. The molecule has 11 nitrogen and oxygen atoms in total. The monoisotopic (exact) mass is 411 g/mol. The summed E-state index contributed by atoms with van der Waals surface area (Å²) in [6, 6.07) is 4.08. The van der Waals surface area contributed by atoms with Gasteiger partial charge >= 0.3 is 21.2 Å². The molecule has 0 radical (unpaired) electrons. The Kier molecular flexibility index (Phi) is 7.03. The van der Waals surface area contributed by atoms with E-state index >= 15 is 0 Å². The van der Waals surface area contributed by atoms with Gasteiger partial charge in [0.15, 0.2) is 5.78 Å². The molecule has 1 unspecified atom stereocenters. The summed E-state index contributed by atoms with van der Waals surface area (Å²) >= 11 is 0. The minimum absolute atomic E-state index is 0.0966. The van der Waals surface area contributed by atoms with Gasteiger partial charge in [0.05, 0.1) is 11.6 Å². The molecular formula is C13H19NO10P2. The van der Waals surface area contributed by atoms with E-state index in [0.29, 0.717) is 0 Å². The second kappa shape index (κ2) is 8.08. The molecule has 0 fully saturated rings. The number of ether oxygens (including phenoxy) is 1. The molecule has 26 heavy (non-hydrogen) atoms. The lowest BCUT2D eigenvalue weighted by Crippen LogP contribution is -2.36. The fraction of sp³-hybridized carbons (Fsp3) is 0.385. The molecule has 0 aliphatic rings. The number of carbonyl (C=O) groups excluding carboxylic acids is 2. The summed E-state index contributed by atoms with van der Waals surface area (Å²) in [5.74, 6) is -1.60. The van der Waals surface area contributed by atoms with Gasteiger partial charge in [-0.25, -0.2) is 0 Å². The number of nitrogens with two attached hydrogens (primary N) is 1. The summed E-state index contributed by atoms with van der Waals surface area (Å²) in [4.78, 5) is 59.7. The van der Waals surface area contributed by atoms with E-state index in [4.69, 9.17) is 30.0 Å². The van der Waals surface area contributed by atoms with Crippen molar-refractivity contribution >= 4 is 26.9 Å². The predicted molar refractivity (Wildman–Crippen MR) is 88.3 cm³/mol. The number of carbonyl (C=O) groups is 2. The number of para-hydroxylation sites is 1. The van der Waals surface area contributed by atoms with Crippen LogP contribution in [0.2, 0.25) is 0 Å². The summed E-state index contributed by atoms with van der Waals surface area (Å²) in [7, 11) is -11.3. The van der Waals surface area contributed by atoms with Crippen LogP contribution in [0, 0.1) is 0 Å². The fourth-order valence-corrected chi connectivity index (χ4v) is 4.25. The summed E-state index contributed by atoms with van der Waals surface area (Å²) < 4.78 is 27.5. The minimum atomic E-state index is -5.64. The van der Waals surface area contributed by atoms with Crippen molar-refractivity contribution in [1.82, 2.24) is 0 Å². The number of hydrogen-bond donors (Lipinski definition) is 6. The van der Waals surface area contributed by atoms with Crippen molar-refractivity contribution in [3.63, 3.8) is 0 Å². The van der Waals surface area contributed by atoms with E-state index in [1.54, 1.807) is 0 Å². The second-order valence-electron chi connectivity index (χ2n) is 5.46. The maximum atomic E-state index is 12.4. The van der Waals surface area contributed by atoms with Gasteiger partial charge in [-0.1, -0.05) is 12.1 Å². The number of ketones is 1. The average Bonchev–Trinajstić information content (AvgIpc) is 2.49. The molecule has 0 bridgehead atoms. The molecule has 1 atom stereocenters. The van der Waals surface area contributed by atoms with Crippen molar-refractivity contribution < 1.29 is 48.1 Å². The quantitative estimate of drug-likeness (QED) is 0.144. The van der Waals surface area contributed by atoms with Gasteiger partial charge in [-0.15, -0.1) is 0 Å². The van der Waals surface area contributed by atoms with E-state index in [1.807, 2.05) is 0 Å². The van der Waals surface area contributed by atoms with Gasteiger partial charge in [-0.2, -0.15) is 0 Å². The zero-order valence-corrected chi connectivity index (χ0v) is 15.3. The number of Topliss-reactive ketones (excluding diaryl/α,β-unsaturated/α-hetero) is 1. The van der Waals surface area contributed by atoms with Crippen molar-refractivity contribution in [3.05, 3.63) is 29.8 Å². The SMILES string of the molecule is CC(=O)Oc1ccccc1C(=O)C(N)CCC(O)(P(=O)(O)O)P(=O)(O)O. The molecule has 1 rings (SSSR count). The molecule has 13 heteroatoms. The first-order chi connectivity index (χ1) is 11.7. The third-order valence-electron chi connectivity index (χ3n) is 3.47. The first-order valence-electron chi connectivity index (χ1n) is 7.11. The molecule has 7 N–H and O–H groups in total. The summed E-state index contributed by atoms with van der Waals surface area (Å²) in [5.41, 5.74) is 5.53. The molecule has 0 amide bonds. The first-order valence-corrected chi connectivity index (χ1v) is 10.3. The normalized spacial score (nSPS) is 14.0. The molecule has 0 aliphatic carbocycles. The molecule has 0 aliphatic heterocycles. The molecule has 0 saturated carbocycles. The van der Waals surface area contributed by atoms with Gasteiger partial charge in [0.2, 0.25) is 0 Å². The summed E-state index contributed by atoms with van der Waals surface area (Å²) in [6.07, 6.45) is -1.79. The Morgan fingerprint density at radius 3 is 2.12 bits per heavy atom. The lowest BCUT2D eigenvalue weighted by molar-refractivity contribution is -0.131. The van der Waals surface area contributed by atoms with Crippen LogP contribution in [0.4, 0.5) is 0 Å². The lowest BCUT2D eigenvalue weighted by atomic mass is 10.0. The van der Waals surface area contributed by atoms with E-state index in [1.165, 1.54) is 24.3 Å². The fourth-order valence-electron chi connectivity index (χ4n) is 2.06. The minimum Gasteiger partial charge on any atom is -0.426 e. The highest BCUT2D eigenvalue weighted by atomic mass is 31.2. The van der Waals surface area contributed by atoms with E-state index in [0.717, 1.165) is 6.92 Å². The second-order valence-corrected chi connectivity index (χ2v) is 9.47. The molecule has 146 valence electrons. The van der Waals surface area contributed by atoms with Gasteiger partial charge in [0, 0.05) is 13.3 Å². The third-order valence-corrected chi connectivity index (χ3v) is 7.34. The van der Waals surface area contributed by atoms with Crippen LogP contribution in [0.15, 0.2) is 24.3 Å². The Labute approximate surface area is 148 Å². The van der Waals surface area contributed by atoms with Crippen molar-refractivity contribution in [1.29, 1.82) is 0 Å². The van der Waals surface area contributed by atoms with Crippen LogP contribution in [0.25, 0.3) is 0 Å². The smallest absolute Gasteiger partial charge is 0.369 e. The van der Waals surface area contributed by atoms with Gasteiger partial charge in [-0.3, -0.25) is 18.7 Å². The van der Waals surface area contributed by atoms with Crippen LogP contribution in [0.3, 0.4) is 0 Å². The van der Waals surface area contributed by atoms with Crippen LogP contribution < -0.4 is 10.5 Å². The van der Waals surface area contributed by atoms with Crippen molar-refractivity contribution in [3.8, 4) is 5.75 Å². The lowest BCUT2D eigenvalue weighted by Gasteiger charge is -2.29. The Bertz CT molecular complexity index is 761. The molecule has 1 aromatic rings. The molecule has 0 saturated heterocycles. The summed E-state index contributed by atoms with van der Waals surface area (Å²) in [5, 5.41) is 6.14. The van der Waals surface area contributed by atoms with Gasteiger partial charge in [0.1, 0.15) is 5.75 Å². The number of hydrogen-bond acceptors (Lipinski definition) is 7. The maximum Gasteiger partial charge on any atom is 0.369 e. The van der Waals surface area contributed by atoms with Crippen LogP contribution in [-0.4, -0.2) is 47.6 Å². The largest absolute Gasteiger partial charge is 0.426 e. The van der Waals surface area contributed by atoms with E-state index in [2.05, 4.69) is 0 Å². The van der Waals surface area contributed by atoms with Crippen LogP contribution >= 0.6 is 15.2 Å². The van der Waals surface area contributed by atoms with Crippen molar-refractivity contribution in [2.45, 2.75) is 30.9 Å². The van der Waals surface area contributed by atoms with Gasteiger partial charge in [0.25, 0.3) is 5.08 Å². The number of aliphatic hydroxyl groups is 1. The molecule has 0 spiro atoms. The zero-order valence-electron chi connectivity index (χ0n) is 13.6. The van der Waals surface area contributed by atoms with Crippen LogP contribution in [0.1, 0.15) is 30.1 Å². The zero-order chi connectivity index (χ0) is 20.3. The van der Waals surface area contributed by atoms with E-state index < -0.39 is 50.9 Å². The van der Waals surface area contributed by atoms with Gasteiger partial charge in [-0.05, 0) is 18.6 Å². The van der Waals surface area contributed by atoms with E-state index in [9.17, 15) is 23.8 Å². The third kappa shape index (κ3) is 5.06. The predicted octanol–water partition coefficient (Wildman–Crippen LogP) is -0.0964. The Morgan fingerprint density at radius 2 is 1.65 bits per heavy atom. The highest BCUT2D eigenvalue weighted by Crippen LogP contribution is 2.69. The standard InChI is InChI=1S/C13H19NO10P2/c1-8(15)24-11-5-3-2-4-9(11)12(16)10(14)6-7-13(17,25(18,19)20)26(21,22)23/h2-5,10,17H,6-7,14H2,1H3,(H2,18,19,20)(H2,21,22,23). The topological polar surface area (TPSA) is 205 Å². The number of benzene rings is 1.